The van der Waals surface area contributed by atoms with Gasteiger partial charge >= 0.3 is 0 Å². The molecule has 2 N–H and O–H groups in total. The van der Waals surface area contributed by atoms with Crippen LogP contribution in [-0.2, 0) is 11.3 Å². The fourth-order valence-electron chi connectivity index (χ4n) is 1.32. The van der Waals surface area contributed by atoms with Gasteiger partial charge in [0.2, 0.25) is 0 Å². The van der Waals surface area contributed by atoms with Crippen LogP contribution in [0.3, 0.4) is 0 Å². The van der Waals surface area contributed by atoms with Crippen LogP contribution in [0.4, 0.5) is 0 Å². The Kier molecular flexibility index (Phi) is 6.27. The third-order valence-electron chi connectivity index (χ3n) is 2.29. The molecule has 0 fully saturated rings. The Balaban J connectivity index is 2.16. The zero-order valence-corrected chi connectivity index (χ0v) is 10.4. The number of carbonyl (C=O) groups is 1. The molecule has 1 rings (SSSR count). The number of aromatic nitrogens is 2. The molecule has 0 bridgehead atoms. The molecule has 6 nitrogen and oxygen atoms in total. The lowest BCUT2D eigenvalue weighted by molar-refractivity contribution is 0.0953. The number of nitrogens with one attached hydrogen (secondary N) is 2. The summed E-state index contributed by atoms with van der Waals surface area (Å²) < 4.78 is 6.62. The molecule has 0 aliphatic carbocycles. The summed E-state index contributed by atoms with van der Waals surface area (Å²) in [5.41, 5.74) is 0.601. The molecule has 0 spiro atoms. The van der Waals surface area contributed by atoms with E-state index in [2.05, 4.69) is 15.7 Å². The average molecular weight is 240 g/mol. The van der Waals surface area contributed by atoms with E-state index in [1.54, 1.807) is 24.2 Å². The first-order valence-corrected chi connectivity index (χ1v) is 5.78. The van der Waals surface area contributed by atoms with Crippen molar-refractivity contribution < 1.29 is 9.53 Å². The van der Waals surface area contributed by atoms with Crippen LogP contribution < -0.4 is 10.6 Å². The van der Waals surface area contributed by atoms with Gasteiger partial charge in [-0.3, -0.25) is 9.48 Å². The van der Waals surface area contributed by atoms with Gasteiger partial charge in [-0.2, -0.15) is 5.10 Å². The van der Waals surface area contributed by atoms with E-state index in [9.17, 15) is 4.79 Å². The second kappa shape index (κ2) is 7.81. The first kappa shape index (κ1) is 13.7. The summed E-state index contributed by atoms with van der Waals surface area (Å²) >= 11 is 0. The number of rotatable bonds is 8. The molecule has 17 heavy (non-hydrogen) atoms. The molecule has 0 unspecified atom stereocenters. The zero-order chi connectivity index (χ0) is 12.5. The van der Waals surface area contributed by atoms with Crippen LogP contribution in [0.1, 0.15) is 17.3 Å². The van der Waals surface area contributed by atoms with Gasteiger partial charge in [0.25, 0.3) is 5.91 Å². The van der Waals surface area contributed by atoms with Crippen molar-refractivity contribution in [2.45, 2.75) is 13.5 Å². The molecule has 0 atom stereocenters. The van der Waals surface area contributed by atoms with Crippen LogP contribution in [-0.4, -0.2) is 49.0 Å². The summed E-state index contributed by atoms with van der Waals surface area (Å²) in [6.07, 6.45) is 3.32. The van der Waals surface area contributed by atoms with E-state index in [-0.39, 0.29) is 5.91 Å². The Morgan fingerprint density at radius 1 is 1.47 bits per heavy atom. The Hall–Kier alpha value is -1.40. The predicted octanol–water partition coefficient (Wildman–Crippen LogP) is -0.131. The van der Waals surface area contributed by atoms with Crippen molar-refractivity contribution >= 4 is 5.91 Å². The second-order valence-corrected chi connectivity index (χ2v) is 3.58. The molecule has 1 amide bonds. The van der Waals surface area contributed by atoms with E-state index in [1.165, 1.54) is 0 Å². The van der Waals surface area contributed by atoms with Gasteiger partial charge in [-0.25, -0.2) is 0 Å². The molecule has 0 radical (unpaired) electrons. The molecular formula is C11H20N4O2. The maximum atomic E-state index is 11.6. The topological polar surface area (TPSA) is 68.2 Å². The van der Waals surface area contributed by atoms with Gasteiger partial charge < -0.3 is 15.4 Å². The highest BCUT2D eigenvalue weighted by atomic mass is 16.5. The number of methoxy groups -OCH3 is 1. The number of amides is 1. The third kappa shape index (κ3) is 4.97. The number of aryl methyl sites for hydroxylation is 1. The maximum absolute atomic E-state index is 11.6. The lowest BCUT2D eigenvalue weighted by atomic mass is 10.3. The van der Waals surface area contributed by atoms with Crippen molar-refractivity contribution in [1.82, 2.24) is 20.4 Å². The average Bonchev–Trinajstić information content (AvgIpc) is 2.82. The molecule has 6 heteroatoms. The number of ether oxygens (including phenoxy) is 1. The molecule has 0 aromatic carbocycles. The monoisotopic (exact) mass is 240 g/mol. The van der Waals surface area contributed by atoms with Gasteiger partial charge in [-0.05, 0) is 6.92 Å². The molecule has 0 aliphatic rings. The fourth-order valence-corrected chi connectivity index (χ4v) is 1.32. The second-order valence-electron chi connectivity index (χ2n) is 3.58. The molecule has 0 aliphatic heterocycles. The van der Waals surface area contributed by atoms with Crippen molar-refractivity contribution in [2.75, 3.05) is 33.4 Å². The van der Waals surface area contributed by atoms with E-state index in [4.69, 9.17) is 4.74 Å². The van der Waals surface area contributed by atoms with Crippen molar-refractivity contribution in [3.63, 3.8) is 0 Å². The minimum atomic E-state index is -0.0850. The standard InChI is InChI=1S/C11H20N4O2/c1-3-15-9-10(8-14-15)11(16)13-5-4-12-6-7-17-2/h8-9,12H,3-7H2,1-2H3,(H,13,16). The van der Waals surface area contributed by atoms with Crippen LogP contribution in [0, 0.1) is 0 Å². The van der Waals surface area contributed by atoms with E-state index < -0.39 is 0 Å². The maximum Gasteiger partial charge on any atom is 0.254 e. The van der Waals surface area contributed by atoms with Crippen LogP contribution in [0.2, 0.25) is 0 Å². The van der Waals surface area contributed by atoms with Gasteiger partial charge in [0, 0.05) is 39.5 Å². The zero-order valence-electron chi connectivity index (χ0n) is 10.4. The molecule has 96 valence electrons. The minimum absolute atomic E-state index is 0.0850. The summed E-state index contributed by atoms with van der Waals surface area (Å²) in [6, 6.07) is 0. The van der Waals surface area contributed by atoms with Gasteiger partial charge in [-0.15, -0.1) is 0 Å². The van der Waals surface area contributed by atoms with Crippen LogP contribution in [0.25, 0.3) is 0 Å². The van der Waals surface area contributed by atoms with E-state index >= 15 is 0 Å². The third-order valence-corrected chi connectivity index (χ3v) is 2.29. The number of hydrogen-bond donors (Lipinski definition) is 2. The SMILES string of the molecule is CCn1cc(C(=O)NCCNCCOC)cn1. The van der Waals surface area contributed by atoms with Gasteiger partial charge in [0.1, 0.15) is 0 Å². The smallest absolute Gasteiger partial charge is 0.254 e. The summed E-state index contributed by atoms with van der Waals surface area (Å²) in [5.74, 6) is -0.0850. The van der Waals surface area contributed by atoms with Crippen LogP contribution in [0.15, 0.2) is 12.4 Å². The first-order chi connectivity index (χ1) is 8.27. The van der Waals surface area contributed by atoms with Crippen LogP contribution >= 0.6 is 0 Å². The molecular weight excluding hydrogens is 220 g/mol. The van der Waals surface area contributed by atoms with Crippen molar-refractivity contribution in [3.05, 3.63) is 18.0 Å². The highest BCUT2D eigenvalue weighted by Gasteiger charge is 2.06. The molecule has 0 saturated carbocycles. The fraction of sp³-hybridized carbons (Fsp3) is 0.636. The Morgan fingerprint density at radius 3 is 2.94 bits per heavy atom. The largest absolute Gasteiger partial charge is 0.383 e. The Labute approximate surface area is 101 Å². The van der Waals surface area contributed by atoms with E-state index in [1.807, 2.05) is 6.92 Å². The lowest BCUT2D eigenvalue weighted by Crippen LogP contribution is -2.32. The Bertz CT molecular complexity index is 338. The summed E-state index contributed by atoms with van der Waals surface area (Å²) in [5, 5.41) is 10.0. The molecule has 1 heterocycles. The normalized spacial score (nSPS) is 10.5. The lowest BCUT2D eigenvalue weighted by Gasteiger charge is -2.05. The predicted molar refractivity (Wildman–Crippen MR) is 65.0 cm³/mol. The van der Waals surface area contributed by atoms with E-state index in [0.717, 1.165) is 19.6 Å². The van der Waals surface area contributed by atoms with Gasteiger partial charge in [-0.1, -0.05) is 0 Å². The Morgan fingerprint density at radius 2 is 2.29 bits per heavy atom. The number of hydrogen-bond acceptors (Lipinski definition) is 4. The number of nitrogens with zero attached hydrogens (tertiary/aromatic N) is 2. The van der Waals surface area contributed by atoms with Crippen LogP contribution in [0.5, 0.6) is 0 Å². The van der Waals surface area contributed by atoms with E-state index in [0.29, 0.717) is 18.7 Å². The molecule has 1 aromatic heterocycles. The first-order valence-electron chi connectivity index (χ1n) is 5.78. The van der Waals surface area contributed by atoms with Crippen molar-refractivity contribution in [2.24, 2.45) is 0 Å². The van der Waals surface area contributed by atoms with Gasteiger partial charge in [0.15, 0.2) is 0 Å². The highest BCUT2D eigenvalue weighted by Crippen LogP contribution is 1.96. The summed E-state index contributed by atoms with van der Waals surface area (Å²) in [7, 11) is 1.66. The summed E-state index contributed by atoms with van der Waals surface area (Å²) in [4.78, 5) is 11.6. The number of carbonyl (C=O) groups excluding carboxylic acids is 1. The van der Waals surface area contributed by atoms with Crippen molar-refractivity contribution in [1.29, 1.82) is 0 Å². The quantitative estimate of drug-likeness (QED) is 0.621. The minimum Gasteiger partial charge on any atom is -0.383 e. The molecule has 1 aromatic rings. The molecule has 0 saturated heterocycles. The highest BCUT2D eigenvalue weighted by molar-refractivity contribution is 5.93. The van der Waals surface area contributed by atoms with Crippen molar-refractivity contribution in [3.8, 4) is 0 Å². The van der Waals surface area contributed by atoms with Gasteiger partial charge in [0.05, 0.1) is 18.4 Å². The summed E-state index contributed by atoms with van der Waals surface area (Å²) in [6.45, 7) is 5.55.